The molecule has 0 spiro atoms. The molecule has 1 aliphatic heterocycles. The maximum atomic E-state index is 12.5. The summed E-state index contributed by atoms with van der Waals surface area (Å²) in [4.78, 5) is 42.3. The van der Waals surface area contributed by atoms with Crippen molar-refractivity contribution in [2.24, 2.45) is 0 Å². The first kappa shape index (κ1) is 19.8. The van der Waals surface area contributed by atoms with E-state index in [9.17, 15) is 14.4 Å². The molecule has 0 bridgehead atoms. The van der Waals surface area contributed by atoms with Crippen molar-refractivity contribution in [2.75, 3.05) is 13.1 Å². The number of thioether (sulfide) groups is 1. The minimum Gasteiger partial charge on any atom is -0.350 e. The van der Waals surface area contributed by atoms with Gasteiger partial charge in [-0.1, -0.05) is 32.0 Å². The minimum absolute atomic E-state index is 0.130. The van der Waals surface area contributed by atoms with E-state index in [2.05, 4.69) is 24.1 Å². The van der Waals surface area contributed by atoms with Gasteiger partial charge < -0.3 is 5.32 Å². The molecule has 0 radical (unpaired) electrons. The Morgan fingerprint density at radius 3 is 2.61 bits per heavy atom. The number of carbonyl (C=O) groups is 3. The molecule has 0 saturated carbocycles. The summed E-state index contributed by atoms with van der Waals surface area (Å²) < 4.78 is 0. The summed E-state index contributed by atoms with van der Waals surface area (Å²) in [5.41, 5.74) is 2.47. The molecule has 144 valence electrons. The Hall–Kier alpha value is -2.93. The molecule has 3 rings (SSSR count). The molecule has 6 nitrogen and oxygen atoms in total. The van der Waals surface area contributed by atoms with Crippen molar-refractivity contribution >= 4 is 34.9 Å². The highest BCUT2D eigenvalue weighted by Gasteiger charge is 2.34. The highest BCUT2D eigenvalue weighted by Crippen LogP contribution is 2.31. The van der Waals surface area contributed by atoms with Crippen molar-refractivity contribution in [3.05, 3.63) is 70.4 Å². The Morgan fingerprint density at radius 1 is 1.21 bits per heavy atom. The summed E-state index contributed by atoms with van der Waals surface area (Å²) in [6, 6.07) is 11.0. The van der Waals surface area contributed by atoms with Crippen molar-refractivity contribution in [2.45, 2.75) is 19.8 Å². The van der Waals surface area contributed by atoms with Crippen LogP contribution in [-0.2, 0) is 4.79 Å². The number of hydrogen-bond donors (Lipinski definition) is 1. The van der Waals surface area contributed by atoms with Crippen LogP contribution in [0.15, 0.2) is 53.7 Å². The van der Waals surface area contributed by atoms with Crippen LogP contribution in [0.4, 0.5) is 4.79 Å². The minimum atomic E-state index is -0.352. The number of benzene rings is 1. The van der Waals surface area contributed by atoms with Gasteiger partial charge in [-0.25, -0.2) is 0 Å². The van der Waals surface area contributed by atoms with Gasteiger partial charge in [-0.15, -0.1) is 0 Å². The fourth-order valence-corrected chi connectivity index (χ4v) is 3.57. The van der Waals surface area contributed by atoms with Crippen LogP contribution in [0.1, 0.15) is 41.3 Å². The van der Waals surface area contributed by atoms with Crippen LogP contribution in [0.25, 0.3) is 6.08 Å². The van der Waals surface area contributed by atoms with Gasteiger partial charge in [0, 0.05) is 31.0 Å². The molecule has 1 N–H and O–H groups in total. The lowest BCUT2D eigenvalue weighted by Gasteiger charge is -2.13. The Kier molecular flexibility index (Phi) is 6.26. The molecule has 2 aromatic rings. The number of nitrogens with zero attached hydrogens (tertiary/aromatic N) is 2. The van der Waals surface area contributed by atoms with Crippen LogP contribution < -0.4 is 5.32 Å². The first-order chi connectivity index (χ1) is 13.5. The van der Waals surface area contributed by atoms with E-state index in [4.69, 9.17) is 0 Å². The van der Waals surface area contributed by atoms with Crippen LogP contribution in [0.2, 0.25) is 0 Å². The fourth-order valence-electron chi connectivity index (χ4n) is 2.71. The van der Waals surface area contributed by atoms with Gasteiger partial charge in [0.15, 0.2) is 0 Å². The second-order valence-corrected chi connectivity index (χ2v) is 7.65. The number of amides is 3. The van der Waals surface area contributed by atoms with Crippen LogP contribution in [-0.4, -0.2) is 40.0 Å². The van der Waals surface area contributed by atoms with E-state index in [-0.39, 0.29) is 30.1 Å². The Morgan fingerprint density at radius 2 is 1.96 bits per heavy atom. The average molecular weight is 395 g/mol. The average Bonchev–Trinajstić information content (AvgIpc) is 2.96. The zero-order valence-electron chi connectivity index (χ0n) is 15.7. The molecule has 0 unspecified atom stereocenters. The zero-order chi connectivity index (χ0) is 20.1. The largest absolute Gasteiger partial charge is 0.350 e. The van der Waals surface area contributed by atoms with Gasteiger partial charge in [0.2, 0.25) is 0 Å². The number of carbonyl (C=O) groups excluding carboxylic acids is 3. The number of pyridine rings is 1. The first-order valence-corrected chi connectivity index (χ1v) is 9.81. The maximum Gasteiger partial charge on any atom is 0.293 e. The molecule has 0 aliphatic carbocycles. The Bertz CT molecular complexity index is 908. The first-order valence-electron chi connectivity index (χ1n) is 8.99. The Labute approximate surface area is 168 Å². The van der Waals surface area contributed by atoms with Gasteiger partial charge in [-0.05, 0) is 53.1 Å². The highest BCUT2D eigenvalue weighted by atomic mass is 32.2. The SMILES string of the molecule is CC(C)c1ccc(C(=O)NCCN2C(=O)S/C(=C/c3cccnc3)C2=O)cc1. The smallest absolute Gasteiger partial charge is 0.293 e. The molecule has 1 fully saturated rings. The normalized spacial score (nSPS) is 15.5. The summed E-state index contributed by atoms with van der Waals surface area (Å²) in [6.07, 6.45) is 4.91. The second-order valence-electron chi connectivity index (χ2n) is 6.65. The summed E-state index contributed by atoms with van der Waals surface area (Å²) in [5.74, 6) is -0.182. The van der Waals surface area contributed by atoms with Crippen molar-refractivity contribution in [1.29, 1.82) is 0 Å². The van der Waals surface area contributed by atoms with Crippen LogP contribution in [0, 0.1) is 0 Å². The van der Waals surface area contributed by atoms with E-state index in [1.54, 1.807) is 36.7 Å². The molecule has 1 saturated heterocycles. The van der Waals surface area contributed by atoms with E-state index in [0.717, 1.165) is 27.8 Å². The summed E-state index contributed by atoms with van der Waals surface area (Å²) >= 11 is 0.894. The van der Waals surface area contributed by atoms with E-state index >= 15 is 0 Å². The topological polar surface area (TPSA) is 79.4 Å². The van der Waals surface area contributed by atoms with Crippen LogP contribution >= 0.6 is 11.8 Å². The molecule has 1 aromatic heterocycles. The number of rotatable bonds is 6. The lowest BCUT2D eigenvalue weighted by atomic mass is 10.0. The third-order valence-corrected chi connectivity index (χ3v) is 5.22. The van der Waals surface area contributed by atoms with Crippen LogP contribution in [0.3, 0.4) is 0 Å². The third-order valence-electron chi connectivity index (χ3n) is 4.32. The quantitative estimate of drug-likeness (QED) is 0.755. The number of nitrogens with one attached hydrogen (secondary N) is 1. The summed E-state index contributed by atoms with van der Waals surface area (Å²) in [7, 11) is 0. The molecular formula is C21H21N3O3S. The number of hydrogen-bond acceptors (Lipinski definition) is 5. The van der Waals surface area contributed by atoms with Gasteiger partial charge in [-0.2, -0.15) is 0 Å². The lowest BCUT2D eigenvalue weighted by molar-refractivity contribution is -0.122. The molecule has 2 heterocycles. The zero-order valence-corrected chi connectivity index (χ0v) is 16.5. The lowest BCUT2D eigenvalue weighted by Crippen LogP contribution is -2.37. The highest BCUT2D eigenvalue weighted by molar-refractivity contribution is 8.18. The Balaban J connectivity index is 1.55. The molecule has 28 heavy (non-hydrogen) atoms. The number of aromatic nitrogens is 1. The van der Waals surface area contributed by atoms with Crippen molar-refractivity contribution in [3.8, 4) is 0 Å². The maximum absolute atomic E-state index is 12.5. The van der Waals surface area contributed by atoms with Gasteiger partial charge in [0.25, 0.3) is 17.1 Å². The van der Waals surface area contributed by atoms with Gasteiger partial charge in [-0.3, -0.25) is 24.3 Å². The predicted molar refractivity (Wildman–Crippen MR) is 110 cm³/mol. The van der Waals surface area contributed by atoms with E-state index < -0.39 is 0 Å². The molecule has 3 amide bonds. The monoisotopic (exact) mass is 395 g/mol. The van der Waals surface area contributed by atoms with E-state index in [0.29, 0.717) is 16.4 Å². The van der Waals surface area contributed by atoms with Gasteiger partial charge in [0.05, 0.1) is 4.91 Å². The third kappa shape index (κ3) is 4.67. The van der Waals surface area contributed by atoms with Crippen molar-refractivity contribution < 1.29 is 14.4 Å². The van der Waals surface area contributed by atoms with Gasteiger partial charge in [0.1, 0.15) is 0 Å². The molecular weight excluding hydrogens is 374 g/mol. The standard InChI is InChI=1S/C21H21N3O3S/c1-14(2)16-5-7-17(8-6-16)19(25)23-10-11-24-20(26)18(28-21(24)27)12-15-4-3-9-22-13-15/h3-9,12-14H,10-11H2,1-2H3,(H,23,25)/b18-12+. The summed E-state index contributed by atoms with van der Waals surface area (Å²) in [6.45, 7) is 4.51. The second kappa shape index (κ2) is 8.84. The molecule has 0 atom stereocenters. The number of imide groups is 1. The molecule has 1 aliphatic rings. The molecule has 1 aromatic carbocycles. The van der Waals surface area contributed by atoms with E-state index in [1.165, 1.54) is 0 Å². The van der Waals surface area contributed by atoms with Gasteiger partial charge >= 0.3 is 0 Å². The van der Waals surface area contributed by atoms with Crippen molar-refractivity contribution in [3.63, 3.8) is 0 Å². The van der Waals surface area contributed by atoms with E-state index in [1.807, 2.05) is 18.2 Å². The predicted octanol–water partition coefficient (Wildman–Crippen LogP) is 3.67. The van der Waals surface area contributed by atoms with Crippen molar-refractivity contribution in [1.82, 2.24) is 15.2 Å². The van der Waals surface area contributed by atoms with Crippen LogP contribution in [0.5, 0.6) is 0 Å². The summed E-state index contributed by atoms with van der Waals surface area (Å²) in [5, 5.41) is 2.42. The fraction of sp³-hybridized carbons (Fsp3) is 0.238. The molecule has 7 heteroatoms.